The first-order chi connectivity index (χ1) is 13.1. The van der Waals surface area contributed by atoms with Gasteiger partial charge in [-0.2, -0.15) is 4.89 Å². The van der Waals surface area contributed by atoms with Gasteiger partial charge in [0, 0.05) is 24.8 Å². The van der Waals surface area contributed by atoms with Crippen LogP contribution in [0.1, 0.15) is 66.2 Å². The molecule has 162 valence electrons. The van der Waals surface area contributed by atoms with Crippen LogP contribution in [0.25, 0.3) is 0 Å². The molecule has 0 spiro atoms. The molecule has 0 saturated heterocycles. The highest BCUT2D eigenvalue weighted by molar-refractivity contribution is 7.39. The van der Waals surface area contributed by atoms with E-state index in [1.807, 2.05) is 0 Å². The predicted molar refractivity (Wildman–Crippen MR) is 104 cm³/mol. The van der Waals surface area contributed by atoms with E-state index in [-0.39, 0.29) is 30.7 Å². The van der Waals surface area contributed by atoms with E-state index in [0.717, 1.165) is 32.1 Å². The molecule has 0 radical (unpaired) electrons. The molecule has 0 heterocycles. The zero-order valence-electron chi connectivity index (χ0n) is 17.2. The number of hydrogen-bond acceptors (Lipinski definition) is 5. The summed E-state index contributed by atoms with van der Waals surface area (Å²) in [5.74, 6) is -1.16. The van der Waals surface area contributed by atoms with Crippen molar-refractivity contribution in [1.29, 1.82) is 0 Å². The molecule has 1 amide bonds. The first-order valence-electron chi connectivity index (χ1n) is 10.1. The number of halogens is 1. The molecule has 0 aliphatic heterocycles. The summed E-state index contributed by atoms with van der Waals surface area (Å²) in [4.78, 5) is 33.2. The van der Waals surface area contributed by atoms with E-state index in [2.05, 4.69) is 5.32 Å². The van der Waals surface area contributed by atoms with E-state index in [1.165, 1.54) is 0 Å². The van der Waals surface area contributed by atoms with Crippen LogP contribution in [-0.2, 0) is 18.8 Å². The lowest BCUT2D eigenvalue weighted by molar-refractivity contribution is -0.178. The Labute approximate surface area is 167 Å². The Morgan fingerprint density at radius 1 is 1.14 bits per heavy atom. The number of alkyl halides is 1. The van der Waals surface area contributed by atoms with E-state index >= 15 is 0 Å². The van der Waals surface area contributed by atoms with Crippen molar-refractivity contribution in [3.8, 4) is 0 Å². The largest absolute Gasteiger partial charge is 0.512 e. The summed E-state index contributed by atoms with van der Waals surface area (Å²) in [6, 6.07) is 0. The van der Waals surface area contributed by atoms with E-state index in [4.69, 9.17) is 9.47 Å². The smallest absolute Gasteiger partial charge is 0.425 e. The van der Waals surface area contributed by atoms with Gasteiger partial charge in [0.25, 0.3) is 6.29 Å². The maximum atomic E-state index is 14.6. The van der Waals surface area contributed by atoms with Crippen molar-refractivity contribution in [2.45, 2.75) is 84.3 Å². The van der Waals surface area contributed by atoms with E-state index in [9.17, 15) is 23.4 Å². The molecule has 1 saturated carbocycles. The van der Waals surface area contributed by atoms with Crippen LogP contribution in [0.3, 0.4) is 0 Å². The zero-order chi connectivity index (χ0) is 21.3. The summed E-state index contributed by atoms with van der Waals surface area (Å²) < 4.78 is 36.5. The molecule has 1 rings (SSSR count). The Morgan fingerprint density at radius 3 is 2.25 bits per heavy atom. The molecule has 1 aliphatic carbocycles. The second-order valence-electron chi connectivity index (χ2n) is 8.03. The number of rotatable bonds is 10. The number of carbonyl (C=O) groups excluding carboxylic acids is 2. The van der Waals surface area contributed by atoms with Gasteiger partial charge in [-0.05, 0) is 17.4 Å². The number of esters is 1. The van der Waals surface area contributed by atoms with E-state index in [1.54, 1.807) is 27.7 Å². The van der Waals surface area contributed by atoms with E-state index in [0.29, 0.717) is 0 Å². The molecule has 0 aromatic heterocycles. The Hall–Kier alpha value is -1.27. The average Bonchev–Trinajstić information content (AvgIpc) is 2.61. The lowest BCUT2D eigenvalue weighted by Gasteiger charge is -2.25. The standard InChI is InChI=1S/C19H33FNO6P/c1-12(2)17(22)26-18(13(3)4)27-19(23)21-11-10-15(20)16(28(24)25)14-8-6-5-7-9-14/h12-16,18H,5-11H2,1-4H3,(H-,21,23,24,25)/p+1/t15-,16-,18-/m0/s1. The summed E-state index contributed by atoms with van der Waals surface area (Å²) in [5, 5.41) is 2.43. The van der Waals surface area contributed by atoms with Gasteiger partial charge >= 0.3 is 20.1 Å². The molecule has 1 fully saturated rings. The summed E-state index contributed by atoms with van der Waals surface area (Å²) >= 11 is 0. The second kappa shape index (κ2) is 12.3. The van der Waals surface area contributed by atoms with Gasteiger partial charge in [0.05, 0.1) is 5.92 Å². The fourth-order valence-electron chi connectivity index (χ4n) is 3.27. The van der Waals surface area contributed by atoms with Crippen LogP contribution in [0.15, 0.2) is 0 Å². The van der Waals surface area contributed by atoms with Gasteiger partial charge in [0.15, 0.2) is 6.17 Å². The summed E-state index contributed by atoms with van der Waals surface area (Å²) in [5.41, 5.74) is -0.900. The molecule has 1 aliphatic rings. The highest BCUT2D eigenvalue weighted by Gasteiger charge is 2.44. The number of alkyl carbamates (subject to hydrolysis) is 1. The van der Waals surface area contributed by atoms with Gasteiger partial charge < -0.3 is 14.8 Å². The number of hydrogen-bond donors (Lipinski definition) is 2. The first kappa shape index (κ1) is 24.8. The van der Waals surface area contributed by atoms with Gasteiger partial charge in [0.2, 0.25) is 5.66 Å². The SMILES string of the molecule is CC(C)C(=O)O[C@@H](OC(=O)NCC[C@H](F)[C@H](C1CCCCC1)[P+](=O)O)C(C)C. The van der Waals surface area contributed by atoms with Crippen molar-refractivity contribution in [2.24, 2.45) is 17.8 Å². The Kier molecular flexibility index (Phi) is 10.9. The second-order valence-corrected chi connectivity index (χ2v) is 9.23. The minimum absolute atomic E-state index is 0.0324. The van der Waals surface area contributed by atoms with Crippen LogP contribution in [0.2, 0.25) is 0 Å². The molecule has 28 heavy (non-hydrogen) atoms. The monoisotopic (exact) mass is 422 g/mol. The highest BCUT2D eigenvalue weighted by atomic mass is 31.1. The zero-order valence-corrected chi connectivity index (χ0v) is 18.1. The minimum Gasteiger partial charge on any atom is -0.425 e. The summed E-state index contributed by atoms with van der Waals surface area (Å²) in [6.45, 7) is 6.81. The summed E-state index contributed by atoms with van der Waals surface area (Å²) in [6.07, 6.45) is 1.11. The molecule has 0 bridgehead atoms. The van der Waals surface area contributed by atoms with Crippen molar-refractivity contribution in [3.05, 3.63) is 0 Å². The maximum absolute atomic E-state index is 14.6. The Morgan fingerprint density at radius 2 is 1.75 bits per heavy atom. The molecule has 0 aromatic carbocycles. The molecular formula is C19H34FNO6P+. The fourth-order valence-corrected chi connectivity index (χ4v) is 4.35. The predicted octanol–water partition coefficient (Wildman–Crippen LogP) is 4.31. The first-order valence-corrected chi connectivity index (χ1v) is 11.4. The molecule has 9 heteroatoms. The van der Waals surface area contributed by atoms with Crippen molar-refractivity contribution in [3.63, 3.8) is 0 Å². The third-order valence-electron chi connectivity index (χ3n) is 4.92. The lowest BCUT2D eigenvalue weighted by atomic mass is 9.85. The maximum Gasteiger partial charge on any atom is 0.512 e. The lowest BCUT2D eigenvalue weighted by Crippen LogP contribution is -2.37. The van der Waals surface area contributed by atoms with Crippen molar-refractivity contribution >= 4 is 20.1 Å². The third-order valence-corrected chi connectivity index (χ3v) is 6.17. The molecule has 2 N–H and O–H groups in total. The van der Waals surface area contributed by atoms with Gasteiger partial charge in [0.1, 0.15) is 0 Å². The molecular weight excluding hydrogens is 388 g/mol. The fraction of sp³-hybridized carbons (Fsp3) is 0.895. The van der Waals surface area contributed by atoms with Gasteiger partial charge in [-0.1, -0.05) is 47.0 Å². The van der Waals surface area contributed by atoms with Crippen molar-refractivity contribution < 1.29 is 32.9 Å². The van der Waals surface area contributed by atoms with Crippen molar-refractivity contribution in [1.82, 2.24) is 5.32 Å². The van der Waals surface area contributed by atoms with Crippen LogP contribution < -0.4 is 5.32 Å². The van der Waals surface area contributed by atoms with Gasteiger partial charge in [-0.3, -0.25) is 4.79 Å². The van der Waals surface area contributed by atoms with Crippen LogP contribution in [0, 0.1) is 17.8 Å². The Bertz CT molecular complexity index is 525. The topological polar surface area (TPSA) is 102 Å². The van der Waals surface area contributed by atoms with Crippen molar-refractivity contribution in [2.75, 3.05) is 6.54 Å². The third kappa shape index (κ3) is 8.39. The number of carbonyl (C=O) groups is 2. The molecule has 4 atom stereocenters. The van der Waals surface area contributed by atoms with Gasteiger partial charge in [-0.15, -0.1) is 0 Å². The van der Waals surface area contributed by atoms with E-state index < -0.39 is 38.2 Å². The average molecular weight is 422 g/mol. The molecule has 0 aromatic rings. The van der Waals surface area contributed by atoms with Crippen LogP contribution >= 0.6 is 8.03 Å². The minimum atomic E-state index is -2.62. The highest BCUT2D eigenvalue weighted by Crippen LogP contribution is 2.41. The van der Waals surface area contributed by atoms with Crippen LogP contribution in [-0.4, -0.2) is 41.6 Å². The molecule has 7 nitrogen and oxygen atoms in total. The van der Waals surface area contributed by atoms with Crippen LogP contribution in [0.4, 0.5) is 9.18 Å². The van der Waals surface area contributed by atoms with Crippen LogP contribution in [0.5, 0.6) is 0 Å². The number of ether oxygens (including phenoxy) is 2. The van der Waals surface area contributed by atoms with Gasteiger partial charge in [-0.25, -0.2) is 9.18 Å². The number of nitrogens with one attached hydrogen (secondary N) is 1. The molecule has 1 unspecified atom stereocenters. The quantitative estimate of drug-likeness (QED) is 0.309. The Balaban J connectivity index is 2.47. The summed E-state index contributed by atoms with van der Waals surface area (Å²) in [7, 11) is -2.62. The number of amides is 1. The normalized spacial score (nSPS) is 19.1.